The number of aryl methyl sites for hydroxylation is 2. The number of carbonyl (C=O) groups excluding carboxylic acids is 2. The first-order valence-electron chi connectivity index (χ1n) is 8.02. The highest BCUT2D eigenvalue weighted by molar-refractivity contribution is 6.34. The molecular weight excluding hydrogens is 343 g/mol. The second kappa shape index (κ2) is 6.84. The first-order valence-corrected chi connectivity index (χ1v) is 8.40. The largest absolute Gasteiger partial charge is 0.340 e. The van der Waals surface area contributed by atoms with Gasteiger partial charge in [0.25, 0.3) is 5.91 Å². The Bertz CT molecular complexity index is 833. The Kier molecular flexibility index (Phi) is 4.77. The van der Waals surface area contributed by atoms with E-state index in [2.05, 4.69) is 5.32 Å². The van der Waals surface area contributed by atoms with Gasteiger partial charge in [0.15, 0.2) is 0 Å². The summed E-state index contributed by atoms with van der Waals surface area (Å²) in [6.45, 7) is 4.49. The van der Waals surface area contributed by atoms with Gasteiger partial charge < -0.3 is 10.2 Å². The minimum atomic E-state index is -0.707. The molecule has 1 saturated heterocycles. The number of nitrogens with one attached hydrogen (secondary N) is 1. The minimum absolute atomic E-state index is 0.0222. The van der Waals surface area contributed by atoms with Crippen LogP contribution in [0.25, 0.3) is 0 Å². The molecule has 1 heterocycles. The Morgan fingerprint density at radius 3 is 2.68 bits per heavy atom. The molecule has 1 fully saturated rings. The van der Waals surface area contributed by atoms with Gasteiger partial charge in [0, 0.05) is 12.2 Å². The molecule has 1 N–H and O–H groups in total. The average molecular weight is 361 g/mol. The summed E-state index contributed by atoms with van der Waals surface area (Å²) < 4.78 is 13.9. The van der Waals surface area contributed by atoms with Crippen molar-refractivity contribution in [2.75, 3.05) is 11.4 Å². The maximum absolute atomic E-state index is 13.9. The molecule has 0 unspecified atom stereocenters. The molecule has 0 aliphatic carbocycles. The van der Waals surface area contributed by atoms with Gasteiger partial charge in [-0.05, 0) is 55.7 Å². The number of halogens is 2. The minimum Gasteiger partial charge on any atom is -0.340 e. The molecule has 0 radical (unpaired) electrons. The van der Waals surface area contributed by atoms with Crippen LogP contribution in [-0.2, 0) is 4.79 Å². The van der Waals surface area contributed by atoms with Gasteiger partial charge in [-0.3, -0.25) is 9.59 Å². The zero-order valence-electron chi connectivity index (χ0n) is 14.0. The van der Waals surface area contributed by atoms with Crippen molar-refractivity contribution in [3.63, 3.8) is 0 Å². The third kappa shape index (κ3) is 3.37. The van der Waals surface area contributed by atoms with Crippen LogP contribution in [0.15, 0.2) is 36.4 Å². The van der Waals surface area contributed by atoms with Crippen molar-refractivity contribution in [2.45, 2.75) is 26.3 Å². The van der Waals surface area contributed by atoms with Crippen LogP contribution in [0.5, 0.6) is 0 Å². The normalized spacial score (nSPS) is 17.0. The van der Waals surface area contributed by atoms with E-state index < -0.39 is 17.8 Å². The smallest absolute Gasteiger partial charge is 0.256 e. The molecule has 3 rings (SSSR count). The molecule has 1 atom stereocenters. The molecule has 2 aromatic carbocycles. The van der Waals surface area contributed by atoms with Crippen LogP contribution in [0.3, 0.4) is 0 Å². The van der Waals surface area contributed by atoms with Crippen LogP contribution < -0.4 is 10.2 Å². The molecule has 1 aliphatic rings. The first kappa shape index (κ1) is 17.4. The standard InChI is InChI=1S/C19H18ClFN2O2/c1-11-6-7-13(10-12(11)2)23-9-8-16(19(23)25)22-18(24)17-14(20)4-3-5-15(17)21/h3-7,10,16H,8-9H2,1-2H3,(H,22,24)/t16-/m0/s1. The number of hydrogen-bond donors (Lipinski definition) is 1. The Labute approximate surface area is 150 Å². The highest BCUT2D eigenvalue weighted by atomic mass is 35.5. The van der Waals surface area contributed by atoms with E-state index in [1.54, 1.807) is 4.90 Å². The number of nitrogens with zero attached hydrogens (tertiary/aromatic N) is 1. The van der Waals surface area contributed by atoms with Gasteiger partial charge in [-0.1, -0.05) is 23.7 Å². The first-order chi connectivity index (χ1) is 11.9. The van der Waals surface area contributed by atoms with E-state index in [0.717, 1.165) is 16.8 Å². The summed E-state index contributed by atoms with van der Waals surface area (Å²) in [5.41, 5.74) is 2.81. The van der Waals surface area contributed by atoms with Gasteiger partial charge in [0.2, 0.25) is 5.91 Å². The molecule has 2 aromatic rings. The Balaban J connectivity index is 1.76. The van der Waals surface area contributed by atoms with E-state index in [9.17, 15) is 14.0 Å². The van der Waals surface area contributed by atoms with E-state index in [1.807, 2.05) is 32.0 Å². The lowest BCUT2D eigenvalue weighted by Crippen LogP contribution is -2.42. The number of anilines is 1. The molecule has 0 aromatic heterocycles. The third-order valence-corrected chi connectivity index (χ3v) is 4.82. The fourth-order valence-corrected chi connectivity index (χ4v) is 3.16. The number of benzene rings is 2. The lowest BCUT2D eigenvalue weighted by Gasteiger charge is -2.18. The molecule has 4 nitrogen and oxygen atoms in total. The van der Waals surface area contributed by atoms with Crippen molar-refractivity contribution in [3.05, 3.63) is 63.9 Å². The monoisotopic (exact) mass is 360 g/mol. The number of rotatable bonds is 3. The number of hydrogen-bond acceptors (Lipinski definition) is 2. The van der Waals surface area contributed by atoms with Gasteiger partial charge in [-0.25, -0.2) is 4.39 Å². The van der Waals surface area contributed by atoms with E-state index in [0.29, 0.717) is 13.0 Å². The highest BCUT2D eigenvalue weighted by Gasteiger charge is 2.34. The van der Waals surface area contributed by atoms with Crippen LogP contribution in [-0.4, -0.2) is 24.4 Å². The summed E-state index contributed by atoms with van der Waals surface area (Å²) >= 11 is 5.91. The topological polar surface area (TPSA) is 49.4 Å². The van der Waals surface area contributed by atoms with Crippen molar-refractivity contribution >= 4 is 29.1 Å². The predicted octanol–water partition coefficient (Wildman–Crippen LogP) is 3.63. The van der Waals surface area contributed by atoms with E-state index in [1.165, 1.54) is 18.2 Å². The molecule has 0 bridgehead atoms. The zero-order chi connectivity index (χ0) is 18.1. The summed E-state index contributed by atoms with van der Waals surface area (Å²) in [6, 6.07) is 9.14. The zero-order valence-corrected chi connectivity index (χ0v) is 14.7. The molecule has 0 spiro atoms. The summed E-state index contributed by atoms with van der Waals surface area (Å²) in [7, 11) is 0. The quantitative estimate of drug-likeness (QED) is 0.908. The van der Waals surface area contributed by atoms with Crippen molar-refractivity contribution in [1.82, 2.24) is 5.32 Å². The maximum atomic E-state index is 13.9. The second-order valence-electron chi connectivity index (χ2n) is 6.17. The van der Waals surface area contributed by atoms with E-state index >= 15 is 0 Å². The van der Waals surface area contributed by atoms with Gasteiger partial charge in [0.05, 0.1) is 10.6 Å². The maximum Gasteiger partial charge on any atom is 0.256 e. The van der Waals surface area contributed by atoms with Crippen LogP contribution in [0.4, 0.5) is 10.1 Å². The SMILES string of the molecule is Cc1ccc(N2CC[C@H](NC(=O)c3c(F)cccc3Cl)C2=O)cc1C. The molecule has 130 valence electrons. The van der Waals surface area contributed by atoms with Gasteiger partial charge in [-0.2, -0.15) is 0 Å². The summed E-state index contributed by atoms with van der Waals surface area (Å²) in [4.78, 5) is 26.6. The molecule has 25 heavy (non-hydrogen) atoms. The summed E-state index contributed by atoms with van der Waals surface area (Å²) in [6.07, 6.45) is 0.462. The number of carbonyl (C=O) groups is 2. The van der Waals surface area contributed by atoms with E-state index in [4.69, 9.17) is 11.6 Å². The average Bonchev–Trinajstić information content (AvgIpc) is 2.91. The highest BCUT2D eigenvalue weighted by Crippen LogP contribution is 2.25. The molecule has 6 heteroatoms. The van der Waals surface area contributed by atoms with Crippen LogP contribution in [0.2, 0.25) is 5.02 Å². The number of amides is 2. The Hall–Kier alpha value is -2.40. The molecular formula is C19H18ClFN2O2. The lowest BCUT2D eigenvalue weighted by molar-refractivity contribution is -0.118. The van der Waals surface area contributed by atoms with Crippen LogP contribution in [0.1, 0.15) is 27.9 Å². The van der Waals surface area contributed by atoms with Crippen molar-refractivity contribution < 1.29 is 14.0 Å². The Morgan fingerprint density at radius 2 is 2.00 bits per heavy atom. The van der Waals surface area contributed by atoms with Crippen LogP contribution >= 0.6 is 11.6 Å². The fraction of sp³-hybridized carbons (Fsp3) is 0.263. The second-order valence-corrected chi connectivity index (χ2v) is 6.58. The fourth-order valence-electron chi connectivity index (χ4n) is 2.91. The van der Waals surface area contributed by atoms with Crippen molar-refractivity contribution in [3.8, 4) is 0 Å². The van der Waals surface area contributed by atoms with Crippen LogP contribution in [0, 0.1) is 19.7 Å². The Morgan fingerprint density at radius 1 is 1.24 bits per heavy atom. The van der Waals surface area contributed by atoms with Crippen molar-refractivity contribution in [1.29, 1.82) is 0 Å². The van der Waals surface area contributed by atoms with Crippen molar-refractivity contribution in [2.24, 2.45) is 0 Å². The summed E-state index contributed by atoms with van der Waals surface area (Å²) in [5, 5.41) is 2.62. The third-order valence-electron chi connectivity index (χ3n) is 4.50. The molecule has 1 aliphatic heterocycles. The van der Waals surface area contributed by atoms with Gasteiger partial charge >= 0.3 is 0 Å². The van der Waals surface area contributed by atoms with Gasteiger partial charge in [-0.15, -0.1) is 0 Å². The predicted molar refractivity (Wildman–Crippen MR) is 95.6 cm³/mol. The summed E-state index contributed by atoms with van der Waals surface area (Å²) in [5.74, 6) is -1.59. The van der Waals surface area contributed by atoms with Gasteiger partial charge in [0.1, 0.15) is 11.9 Å². The molecule has 0 saturated carbocycles. The van der Waals surface area contributed by atoms with E-state index in [-0.39, 0.29) is 16.5 Å². The lowest BCUT2D eigenvalue weighted by atomic mass is 10.1. The molecule has 2 amide bonds.